The minimum absolute atomic E-state index is 0.0762. The minimum Gasteiger partial charge on any atom is -0.481 e. The summed E-state index contributed by atoms with van der Waals surface area (Å²) in [6.45, 7) is -0.0828. The Morgan fingerprint density at radius 2 is 1.72 bits per heavy atom. The molecule has 2 aromatic carbocycles. The fourth-order valence-corrected chi connectivity index (χ4v) is 4.03. The Bertz CT molecular complexity index is 872. The molecular formula is C16H14Cl2FNO4S. The van der Waals surface area contributed by atoms with E-state index >= 15 is 0 Å². The lowest BCUT2D eigenvalue weighted by atomic mass is 10.3. The zero-order valence-corrected chi connectivity index (χ0v) is 15.2. The highest BCUT2D eigenvalue weighted by atomic mass is 35.5. The van der Waals surface area contributed by atoms with Crippen LogP contribution >= 0.6 is 23.2 Å². The van der Waals surface area contributed by atoms with Gasteiger partial charge in [0.25, 0.3) is 10.0 Å². The van der Waals surface area contributed by atoms with Gasteiger partial charge in [-0.1, -0.05) is 23.2 Å². The van der Waals surface area contributed by atoms with Crippen molar-refractivity contribution in [2.75, 3.05) is 10.8 Å². The molecule has 1 N–H and O–H groups in total. The maximum absolute atomic E-state index is 13.1. The number of anilines is 1. The number of halogens is 3. The number of hydrogen-bond acceptors (Lipinski definition) is 3. The summed E-state index contributed by atoms with van der Waals surface area (Å²) in [4.78, 5) is 10.6. The average molecular weight is 406 g/mol. The second-order valence-electron chi connectivity index (χ2n) is 5.13. The third-order valence-corrected chi connectivity index (χ3v) is 5.91. The fraction of sp³-hybridized carbons (Fsp3) is 0.188. The van der Waals surface area contributed by atoms with Crippen LogP contribution in [-0.4, -0.2) is 26.0 Å². The Morgan fingerprint density at radius 3 is 2.28 bits per heavy atom. The van der Waals surface area contributed by atoms with Crippen molar-refractivity contribution in [3.63, 3.8) is 0 Å². The van der Waals surface area contributed by atoms with Crippen LogP contribution in [-0.2, 0) is 14.8 Å². The topological polar surface area (TPSA) is 74.7 Å². The van der Waals surface area contributed by atoms with Gasteiger partial charge in [-0.2, -0.15) is 0 Å². The third-order valence-electron chi connectivity index (χ3n) is 3.35. The highest BCUT2D eigenvalue weighted by Crippen LogP contribution is 2.29. The first-order valence-corrected chi connectivity index (χ1v) is 9.36. The molecule has 134 valence electrons. The average Bonchev–Trinajstić information content (AvgIpc) is 2.55. The molecule has 0 bridgehead atoms. The van der Waals surface area contributed by atoms with Gasteiger partial charge in [0.15, 0.2) is 0 Å². The van der Waals surface area contributed by atoms with Crippen molar-refractivity contribution < 1.29 is 22.7 Å². The Kier molecular flexibility index (Phi) is 6.26. The monoisotopic (exact) mass is 405 g/mol. The molecule has 0 heterocycles. The zero-order valence-electron chi connectivity index (χ0n) is 12.8. The second kappa shape index (κ2) is 8.03. The van der Waals surface area contributed by atoms with Gasteiger partial charge in [-0.25, -0.2) is 12.8 Å². The largest absolute Gasteiger partial charge is 0.481 e. The normalized spacial score (nSPS) is 11.3. The van der Waals surface area contributed by atoms with E-state index in [2.05, 4.69) is 0 Å². The first kappa shape index (κ1) is 19.5. The van der Waals surface area contributed by atoms with Gasteiger partial charge in [0.1, 0.15) is 5.82 Å². The predicted molar refractivity (Wildman–Crippen MR) is 94.3 cm³/mol. The van der Waals surface area contributed by atoms with E-state index in [0.717, 1.165) is 16.4 Å². The van der Waals surface area contributed by atoms with Crippen LogP contribution in [0.3, 0.4) is 0 Å². The second-order valence-corrected chi connectivity index (χ2v) is 7.80. The van der Waals surface area contributed by atoms with Crippen LogP contribution in [0.15, 0.2) is 47.4 Å². The van der Waals surface area contributed by atoms with Gasteiger partial charge in [-0.3, -0.25) is 9.10 Å². The molecule has 25 heavy (non-hydrogen) atoms. The Balaban J connectivity index is 2.42. The Labute approximate surface area is 154 Å². The predicted octanol–water partition coefficient (Wildman–Crippen LogP) is 4.19. The third kappa shape index (κ3) is 4.84. The summed E-state index contributed by atoms with van der Waals surface area (Å²) < 4.78 is 40.0. The van der Waals surface area contributed by atoms with E-state index in [-0.39, 0.29) is 40.0 Å². The quantitative estimate of drug-likeness (QED) is 0.748. The van der Waals surface area contributed by atoms with Crippen LogP contribution in [0, 0.1) is 5.82 Å². The van der Waals surface area contributed by atoms with Gasteiger partial charge in [0, 0.05) is 13.0 Å². The smallest absolute Gasteiger partial charge is 0.303 e. The van der Waals surface area contributed by atoms with Crippen molar-refractivity contribution >= 4 is 44.9 Å². The fourth-order valence-electron chi connectivity index (χ4n) is 2.13. The first-order chi connectivity index (χ1) is 11.7. The molecule has 0 saturated carbocycles. The molecule has 2 rings (SSSR count). The molecule has 2 aromatic rings. The number of aliphatic carboxylic acids is 1. The Morgan fingerprint density at radius 1 is 1.08 bits per heavy atom. The van der Waals surface area contributed by atoms with Gasteiger partial charge in [0.2, 0.25) is 0 Å². The molecule has 0 fully saturated rings. The summed E-state index contributed by atoms with van der Waals surface area (Å²) in [5.74, 6) is -1.55. The maximum atomic E-state index is 13.1. The van der Waals surface area contributed by atoms with Crippen molar-refractivity contribution in [1.29, 1.82) is 0 Å². The van der Waals surface area contributed by atoms with Crippen molar-refractivity contribution in [2.45, 2.75) is 17.7 Å². The lowest BCUT2D eigenvalue weighted by molar-refractivity contribution is -0.137. The number of carboxylic acid groups (broad SMARTS) is 1. The number of benzene rings is 2. The molecule has 9 heteroatoms. The maximum Gasteiger partial charge on any atom is 0.303 e. The van der Waals surface area contributed by atoms with Gasteiger partial charge in [0.05, 0.1) is 20.6 Å². The molecule has 0 aliphatic heterocycles. The number of carbonyl (C=O) groups is 1. The number of carboxylic acids is 1. The van der Waals surface area contributed by atoms with Gasteiger partial charge in [-0.15, -0.1) is 0 Å². The summed E-state index contributed by atoms with van der Waals surface area (Å²) in [6.07, 6.45) is -0.109. The van der Waals surface area contributed by atoms with Crippen LogP contribution in [0.1, 0.15) is 12.8 Å². The van der Waals surface area contributed by atoms with E-state index in [1.165, 1.54) is 30.3 Å². The number of nitrogens with zero attached hydrogens (tertiary/aromatic N) is 1. The zero-order chi connectivity index (χ0) is 18.6. The van der Waals surface area contributed by atoms with Gasteiger partial charge >= 0.3 is 5.97 Å². The molecule has 0 atom stereocenters. The summed E-state index contributed by atoms with van der Waals surface area (Å²) in [7, 11) is -4.03. The van der Waals surface area contributed by atoms with E-state index in [4.69, 9.17) is 28.3 Å². The van der Waals surface area contributed by atoms with Crippen molar-refractivity contribution in [3.05, 3.63) is 58.3 Å². The van der Waals surface area contributed by atoms with Gasteiger partial charge in [-0.05, 0) is 48.9 Å². The molecule has 0 amide bonds. The molecule has 0 radical (unpaired) electrons. The number of sulfonamides is 1. The molecule has 0 aliphatic rings. The molecule has 0 spiro atoms. The highest BCUT2D eigenvalue weighted by Gasteiger charge is 2.25. The number of hydrogen-bond donors (Lipinski definition) is 1. The van der Waals surface area contributed by atoms with E-state index in [9.17, 15) is 17.6 Å². The lowest BCUT2D eigenvalue weighted by Crippen LogP contribution is -2.32. The van der Waals surface area contributed by atoms with Crippen LogP contribution < -0.4 is 4.31 Å². The number of rotatable bonds is 7. The molecule has 0 saturated heterocycles. The van der Waals surface area contributed by atoms with Crippen LogP contribution in [0.5, 0.6) is 0 Å². The highest BCUT2D eigenvalue weighted by molar-refractivity contribution is 7.92. The van der Waals surface area contributed by atoms with E-state index < -0.39 is 21.8 Å². The summed E-state index contributed by atoms with van der Waals surface area (Å²) >= 11 is 11.7. The standard InChI is InChI=1S/C16H14Cl2FNO4S/c17-14-8-7-13(10-15(14)18)25(23,24)20(9-1-2-16(21)22)12-5-3-11(19)4-6-12/h3-8,10H,1-2,9H2,(H,21,22). The van der Waals surface area contributed by atoms with Gasteiger partial charge < -0.3 is 5.11 Å². The summed E-state index contributed by atoms with van der Waals surface area (Å²) in [5, 5.41) is 9.05. The van der Waals surface area contributed by atoms with Crippen molar-refractivity contribution in [2.24, 2.45) is 0 Å². The van der Waals surface area contributed by atoms with Crippen molar-refractivity contribution in [3.8, 4) is 0 Å². The van der Waals surface area contributed by atoms with Crippen molar-refractivity contribution in [1.82, 2.24) is 0 Å². The van der Waals surface area contributed by atoms with Crippen LogP contribution in [0.2, 0.25) is 10.0 Å². The SMILES string of the molecule is O=C(O)CCCN(c1ccc(F)cc1)S(=O)(=O)c1ccc(Cl)c(Cl)c1. The van der Waals surface area contributed by atoms with E-state index in [1.54, 1.807) is 0 Å². The van der Waals surface area contributed by atoms with E-state index in [0.29, 0.717) is 0 Å². The molecule has 0 aliphatic carbocycles. The molecule has 5 nitrogen and oxygen atoms in total. The Hall–Kier alpha value is -1.83. The molecule has 0 unspecified atom stereocenters. The van der Waals surface area contributed by atoms with Crippen LogP contribution in [0.25, 0.3) is 0 Å². The molecular weight excluding hydrogens is 392 g/mol. The lowest BCUT2D eigenvalue weighted by Gasteiger charge is -2.24. The molecule has 0 aromatic heterocycles. The van der Waals surface area contributed by atoms with Crippen LogP contribution in [0.4, 0.5) is 10.1 Å². The first-order valence-electron chi connectivity index (χ1n) is 7.17. The summed E-state index contributed by atoms with van der Waals surface area (Å²) in [5.41, 5.74) is 0.220. The minimum atomic E-state index is -4.03. The summed E-state index contributed by atoms with van der Waals surface area (Å²) in [6, 6.07) is 8.76. The van der Waals surface area contributed by atoms with E-state index in [1.807, 2.05) is 0 Å².